The standard InChI is InChI=1S/C9H15N2PS/c1-10-8-4-6-9(7-5-8)12(3)13-11-2/h4-7,10-11H,1-3H3. The number of rotatable bonds is 4. The van der Waals surface area contributed by atoms with Crippen LogP contribution in [-0.4, -0.2) is 20.8 Å². The van der Waals surface area contributed by atoms with Gasteiger partial charge in [0, 0.05) is 12.7 Å². The highest BCUT2D eigenvalue weighted by molar-refractivity contribution is 8.56. The van der Waals surface area contributed by atoms with Gasteiger partial charge in [-0.15, -0.1) is 0 Å². The minimum atomic E-state index is -0.115. The zero-order valence-electron chi connectivity index (χ0n) is 8.16. The molecule has 0 fully saturated rings. The molecule has 0 bridgehead atoms. The van der Waals surface area contributed by atoms with E-state index in [-0.39, 0.29) is 7.12 Å². The molecule has 0 aromatic heterocycles. The second kappa shape index (κ2) is 5.48. The van der Waals surface area contributed by atoms with Gasteiger partial charge < -0.3 is 5.32 Å². The van der Waals surface area contributed by atoms with Crippen LogP contribution in [0, 0.1) is 0 Å². The quantitative estimate of drug-likeness (QED) is 0.594. The fourth-order valence-electron chi connectivity index (χ4n) is 1.03. The van der Waals surface area contributed by atoms with Gasteiger partial charge in [-0.05, 0) is 38.3 Å². The van der Waals surface area contributed by atoms with Crippen LogP contribution >= 0.6 is 18.7 Å². The molecule has 0 radical (unpaired) electrons. The van der Waals surface area contributed by atoms with E-state index >= 15 is 0 Å². The van der Waals surface area contributed by atoms with Crippen LogP contribution in [0.2, 0.25) is 0 Å². The van der Waals surface area contributed by atoms with Crippen molar-refractivity contribution < 1.29 is 0 Å². The smallest absolute Gasteiger partial charge is 0.0338 e. The van der Waals surface area contributed by atoms with E-state index in [0.717, 1.165) is 0 Å². The number of hydrogen-bond acceptors (Lipinski definition) is 3. The van der Waals surface area contributed by atoms with Gasteiger partial charge in [0.1, 0.15) is 0 Å². The van der Waals surface area contributed by atoms with Gasteiger partial charge in [-0.3, -0.25) is 4.72 Å². The molecule has 4 heteroatoms. The lowest BCUT2D eigenvalue weighted by atomic mass is 10.3. The van der Waals surface area contributed by atoms with Crippen LogP contribution in [0.1, 0.15) is 0 Å². The van der Waals surface area contributed by atoms with Crippen molar-refractivity contribution in [2.45, 2.75) is 0 Å². The lowest BCUT2D eigenvalue weighted by molar-refractivity contribution is 1.31. The normalized spacial score (nSPS) is 12.5. The fourth-order valence-corrected chi connectivity index (χ4v) is 3.48. The largest absolute Gasteiger partial charge is 0.388 e. The molecule has 0 aliphatic heterocycles. The number of anilines is 1. The Morgan fingerprint density at radius 1 is 1.15 bits per heavy atom. The molecule has 0 amide bonds. The Kier molecular flexibility index (Phi) is 4.57. The van der Waals surface area contributed by atoms with E-state index in [2.05, 4.69) is 41.0 Å². The molecule has 1 rings (SSSR count). The minimum Gasteiger partial charge on any atom is -0.388 e. The molecule has 0 aliphatic carbocycles. The average Bonchev–Trinajstić information content (AvgIpc) is 2.18. The number of hydrogen-bond donors (Lipinski definition) is 2. The Labute approximate surface area is 85.1 Å². The maximum Gasteiger partial charge on any atom is 0.0338 e. The lowest BCUT2D eigenvalue weighted by Crippen LogP contribution is -2.01. The summed E-state index contributed by atoms with van der Waals surface area (Å²) in [6, 6.07) is 8.60. The first-order valence-corrected chi connectivity index (χ1v) is 7.34. The fraction of sp³-hybridized carbons (Fsp3) is 0.333. The Morgan fingerprint density at radius 2 is 1.77 bits per heavy atom. The molecule has 2 N–H and O–H groups in total. The topological polar surface area (TPSA) is 24.1 Å². The summed E-state index contributed by atoms with van der Waals surface area (Å²) in [6.07, 6.45) is 0. The van der Waals surface area contributed by atoms with Crippen molar-refractivity contribution in [3.05, 3.63) is 24.3 Å². The van der Waals surface area contributed by atoms with Gasteiger partial charge in [-0.2, -0.15) is 0 Å². The predicted molar refractivity (Wildman–Crippen MR) is 65.1 cm³/mol. The molecule has 1 atom stereocenters. The van der Waals surface area contributed by atoms with Crippen molar-refractivity contribution in [3.8, 4) is 0 Å². The van der Waals surface area contributed by atoms with Crippen LogP contribution in [0.3, 0.4) is 0 Å². The van der Waals surface area contributed by atoms with Crippen LogP contribution in [0.25, 0.3) is 0 Å². The molecule has 1 aromatic rings. The highest BCUT2D eigenvalue weighted by atomic mass is 32.7. The van der Waals surface area contributed by atoms with E-state index < -0.39 is 0 Å². The van der Waals surface area contributed by atoms with Gasteiger partial charge in [0.25, 0.3) is 0 Å². The molecule has 13 heavy (non-hydrogen) atoms. The molecule has 0 heterocycles. The minimum absolute atomic E-state index is 0.115. The maximum absolute atomic E-state index is 3.12. The summed E-state index contributed by atoms with van der Waals surface area (Å²) in [4.78, 5) is 0. The summed E-state index contributed by atoms with van der Waals surface area (Å²) in [5.41, 5.74) is 1.17. The Hall–Kier alpha value is -0.240. The van der Waals surface area contributed by atoms with E-state index in [1.54, 1.807) is 11.6 Å². The van der Waals surface area contributed by atoms with Gasteiger partial charge in [-0.25, -0.2) is 0 Å². The highest BCUT2D eigenvalue weighted by Crippen LogP contribution is 2.42. The first-order valence-electron chi connectivity index (χ1n) is 4.13. The first kappa shape index (κ1) is 10.8. The Balaban J connectivity index is 2.67. The average molecular weight is 214 g/mol. The lowest BCUT2D eigenvalue weighted by Gasteiger charge is -2.10. The van der Waals surface area contributed by atoms with Crippen molar-refractivity contribution in [1.29, 1.82) is 0 Å². The summed E-state index contributed by atoms with van der Waals surface area (Å²) < 4.78 is 3.12. The summed E-state index contributed by atoms with van der Waals surface area (Å²) in [5.74, 6) is 0. The van der Waals surface area contributed by atoms with Crippen molar-refractivity contribution in [2.24, 2.45) is 0 Å². The zero-order valence-corrected chi connectivity index (χ0v) is 9.88. The Morgan fingerprint density at radius 3 is 2.23 bits per heavy atom. The van der Waals surface area contributed by atoms with E-state index in [4.69, 9.17) is 0 Å². The predicted octanol–water partition coefficient (Wildman–Crippen LogP) is 2.25. The third-order valence-electron chi connectivity index (χ3n) is 1.75. The highest BCUT2D eigenvalue weighted by Gasteiger charge is 2.03. The molecule has 72 valence electrons. The van der Waals surface area contributed by atoms with E-state index in [0.29, 0.717) is 0 Å². The van der Waals surface area contributed by atoms with E-state index in [1.807, 2.05) is 14.1 Å². The second-order valence-electron chi connectivity index (χ2n) is 2.59. The number of benzene rings is 1. The van der Waals surface area contributed by atoms with Crippen molar-refractivity contribution >= 4 is 29.7 Å². The van der Waals surface area contributed by atoms with Gasteiger partial charge in [0.2, 0.25) is 0 Å². The molecule has 2 nitrogen and oxygen atoms in total. The van der Waals surface area contributed by atoms with E-state index in [9.17, 15) is 0 Å². The summed E-state index contributed by atoms with van der Waals surface area (Å²) in [6.45, 7) is 2.25. The number of nitrogens with one attached hydrogen (secondary N) is 2. The monoisotopic (exact) mass is 214 g/mol. The van der Waals surface area contributed by atoms with Crippen molar-refractivity contribution in [2.75, 3.05) is 26.1 Å². The van der Waals surface area contributed by atoms with Crippen LogP contribution in [-0.2, 0) is 0 Å². The Bertz CT molecular complexity index is 250. The van der Waals surface area contributed by atoms with Gasteiger partial charge in [0.05, 0.1) is 0 Å². The molecule has 1 unspecified atom stereocenters. The zero-order chi connectivity index (χ0) is 9.68. The molecule has 0 saturated heterocycles. The van der Waals surface area contributed by atoms with E-state index in [1.165, 1.54) is 11.0 Å². The SMILES string of the molecule is CNSP(C)c1ccc(NC)cc1. The van der Waals surface area contributed by atoms with Crippen molar-refractivity contribution in [1.82, 2.24) is 4.72 Å². The molecule has 0 spiro atoms. The van der Waals surface area contributed by atoms with Crippen molar-refractivity contribution in [3.63, 3.8) is 0 Å². The third-order valence-corrected chi connectivity index (χ3v) is 5.23. The van der Waals surface area contributed by atoms with Crippen LogP contribution in [0.5, 0.6) is 0 Å². The molecule has 1 aromatic carbocycles. The van der Waals surface area contributed by atoms with Crippen LogP contribution in [0.4, 0.5) is 5.69 Å². The second-order valence-corrected chi connectivity index (χ2v) is 6.88. The summed E-state index contributed by atoms with van der Waals surface area (Å²) in [7, 11) is 3.78. The molecule has 0 saturated carbocycles. The van der Waals surface area contributed by atoms with Crippen LogP contribution in [0.15, 0.2) is 24.3 Å². The van der Waals surface area contributed by atoms with Gasteiger partial charge in [-0.1, -0.05) is 23.7 Å². The third kappa shape index (κ3) is 3.18. The summed E-state index contributed by atoms with van der Waals surface area (Å²) >= 11 is 1.79. The summed E-state index contributed by atoms with van der Waals surface area (Å²) in [5, 5.41) is 4.52. The maximum atomic E-state index is 3.12. The van der Waals surface area contributed by atoms with Gasteiger partial charge in [0.15, 0.2) is 0 Å². The first-order chi connectivity index (χ1) is 6.27. The van der Waals surface area contributed by atoms with Gasteiger partial charge >= 0.3 is 0 Å². The molecular formula is C9H15N2PS. The molecular weight excluding hydrogens is 199 g/mol. The molecule has 0 aliphatic rings. The van der Waals surface area contributed by atoms with Crippen LogP contribution < -0.4 is 15.3 Å².